The number of amides is 1. The summed E-state index contributed by atoms with van der Waals surface area (Å²) >= 11 is 1.44. The van der Waals surface area contributed by atoms with Crippen LogP contribution in [0.25, 0.3) is 10.2 Å². The van der Waals surface area contributed by atoms with Crippen LogP contribution in [0.4, 0.5) is 0 Å². The minimum atomic E-state index is -0.749. The van der Waals surface area contributed by atoms with E-state index >= 15 is 0 Å². The predicted octanol–water partition coefficient (Wildman–Crippen LogP) is 2.91. The van der Waals surface area contributed by atoms with Crippen molar-refractivity contribution in [3.63, 3.8) is 0 Å². The lowest BCUT2D eigenvalue weighted by Crippen LogP contribution is -2.36. The number of nitrogens with zero attached hydrogens (tertiary/aromatic N) is 2. The highest BCUT2D eigenvalue weighted by Crippen LogP contribution is 2.31. The van der Waals surface area contributed by atoms with E-state index in [0.29, 0.717) is 22.9 Å². The van der Waals surface area contributed by atoms with E-state index in [0.717, 1.165) is 16.0 Å². The molecule has 6 nitrogen and oxygen atoms in total. The van der Waals surface area contributed by atoms with Gasteiger partial charge in [0, 0.05) is 7.05 Å². The van der Waals surface area contributed by atoms with Gasteiger partial charge < -0.3 is 18.8 Å². The minimum Gasteiger partial charge on any atom is -0.492 e. The van der Waals surface area contributed by atoms with Gasteiger partial charge in [0.15, 0.2) is 16.3 Å². The topological polar surface area (TPSA) is 62.1 Å². The summed E-state index contributed by atoms with van der Waals surface area (Å²) in [5, 5.41) is 0. The zero-order chi connectivity index (χ0) is 18.1. The second kappa shape index (κ2) is 6.84. The number of hydrogen-bond acceptors (Lipinski definition) is 5. The highest BCUT2D eigenvalue weighted by Gasteiger charge is 2.27. The second-order valence-corrected chi connectivity index (χ2v) is 6.80. The monoisotopic (exact) mass is 370 g/mol. The maximum atomic E-state index is 12.6. The molecule has 1 aliphatic rings. The van der Waals surface area contributed by atoms with Gasteiger partial charge in [-0.05, 0) is 31.2 Å². The molecular formula is C19H18N2O4S. The molecule has 4 rings (SSSR count). The number of carbonyl (C=O) groups excluding carboxylic acids is 1. The van der Waals surface area contributed by atoms with Gasteiger partial charge in [0.25, 0.3) is 5.91 Å². The van der Waals surface area contributed by atoms with Crippen LogP contribution < -0.4 is 19.0 Å². The number of ether oxygens (including phenoxy) is 3. The highest BCUT2D eigenvalue weighted by molar-refractivity contribution is 7.16. The first kappa shape index (κ1) is 16.7. The molecule has 0 unspecified atom stereocenters. The van der Waals surface area contributed by atoms with Crippen LogP contribution in [0.5, 0.6) is 17.2 Å². The first-order valence-corrected chi connectivity index (χ1v) is 9.17. The molecule has 0 fully saturated rings. The van der Waals surface area contributed by atoms with Crippen molar-refractivity contribution in [2.45, 2.75) is 13.0 Å². The number of aryl methyl sites for hydroxylation is 1. The summed E-state index contributed by atoms with van der Waals surface area (Å²) in [6, 6.07) is 13.1. The molecular weight excluding hydrogens is 352 g/mol. The van der Waals surface area contributed by atoms with Gasteiger partial charge in [0.05, 0.1) is 11.3 Å². The highest BCUT2D eigenvalue weighted by atomic mass is 32.1. The van der Waals surface area contributed by atoms with Crippen LogP contribution in [-0.4, -0.2) is 29.8 Å². The fraction of sp³-hybridized carbons (Fsp3) is 0.263. The third-order valence-corrected chi connectivity index (χ3v) is 5.17. The summed E-state index contributed by atoms with van der Waals surface area (Å²) < 4.78 is 19.9. The first-order valence-electron chi connectivity index (χ1n) is 8.35. The summed E-state index contributed by atoms with van der Waals surface area (Å²) in [4.78, 5) is 17.5. The zero-order valence-electron chi connectivity index (χ0n) is 14.5. The fourth-order valence-electron chi connectivity index (χ4n) is 2.85. The number of fused-ring (bicyclic) bond motifs is 2. The third-order valence-electron chi connectivity index (χ3n) is 4.08. The smallest absolute Gasteiger partial charge is 0.292 e. The Morgan fingerprint density at radius 1 is 1.27 bits per heavy atom. The maximum Gasteiger partial charge on any atom is 0.292 e. The molecule has 0 saturated heterocycles. The molecule has 134 valence electrons. The lowest BCUT2D eigenvalue weighted by Gasteiger charge is -2.23. The molecule has 0 radical (unpaired) electrons. The minimum absolute atomic E-state index is 0.151. The molecule has 2 heterocycles. The van der Waals surface area contributed by atoms with Crippen molar-refractivity contribution < 1.29 is 19.0 Å². The Hall–Kier alpha value is -2.80. The second-order valence-electron chi connectivity index (χ2n) is 5.79. The van der Waals surface area contributed by atoms with Crippen molar-refractivity contribution in [2.75, 3.05) is 13.2 Å². The molecule has 0 bridgehead atoms. The van der Waals surface area contributed by atoms with E-state index in [4.69, 9.17) is 14.2 Å². The summed E-state index contributed by atoms with van der Waals surface area (Å²) in [5.74, 6) is 1.63. The summed E-state index contributed by atoms with van der Waals surface area (Å²) in [6.45, 7) is 2.67. The van der Waals surface area contributed by atoms with Crippen molar-refractivity contribution >= 4 is 27.5 Å². The van der Waals surface area contributed by atoms with E-state index in [1.165, 1.54) is 11.3 Å². The molecule has 1 amide bonds. The fourth-order valence-corrected chi connectivity index (χ4v) is 3.90. The van der Waals surface area contributed by atoms with Gasteiger partial charge in [-0.2, -0.15) is 4.99 Å². The standard InChI is InChI=1S/C19H18N2O4S/c1-3-23-14-9-6-10-16-17(14)21(2)19(26-16)20-18(22)15-11-24-12-7-4-5-8-13(12)25-15/h4-10,15H,3,11H2,1-2H3/t15-/m1/s1. The van der Waals surface area contributed by atoms with Crippen molar-refractivity contribution in [3.8, 4) is 17.2 Å². The molecule has 7 heteroatoms. The van der Waals surface area contributed by atoms with Crippen LogP contribution in [0.15, 0.2) is 47.5 Å². The molecule has 1 atom stereocenters. The van der Waals surface area contributed by atoms with Crippen LogP contribution in [-0.2, 0) is 11.8 Å². The lowest BCUT2D eigenvalue weighted by molar-refractivity contribution is -0.127. The van der Waals surface area contributed by atoms with E-state index in [9.17, 15) is 4.79 Å². The number of aromatic nitrogens is 1. The van der Waals surface area contributed by atoms with Crippen LogP contribution in [0.2, 0.25) is 0 Å². The van der Waals surface area contributed by atoms with Gasteiger partial charge in [-0.3, -0.25) is 4.79 Å². The summed E-state index contributed by atoms with van der Waals surface area (Å²) in [6.07, 6.45) is -0.749. The number of benzene rings is 2. The normalized spacial score (nSPS) is 16.7. The largest absolute Gasteiger partial charge is 0.492 e. The number of hydrogen-bond donors (Lipinski definition) is 0. The quantitative estimate of drug-likeness (QED) is 0.711. The molecule has 0 saturated carbocycles. The van der Waals surface area contributed by atoms with E-state index in [-0.39, 0.29) is 12.5 Å². The van der Waals surface area contributed by atoms with Crippen molar-refractivity contribution in [1.82, 2.24) is 4.57 Å². The predicted molar refractivity (Wildman–Crippen MR) is 98.9 cm³/mol. The van der Waals surface area contributed by atoms with Gasteiger partial charge in [-0.15, -0.1) is 0 Å². The zero-order valence-corrected chi connectivity index (χ0v) is 15.3. The average Bonchev–Trinajstić information content (AvgIpc) is 2.98. The molecule has 0 N–H and O–H groups in total. The Bertz CT molecular complexity index is 1040. The number of para-hydroxylation sites is 3. The number of thiazole rings is 1. The van der Waals surface area contributed by atoms with E-state index < -0.39 is 6.10 Å². The Morgan fingerprint density at radius 3 is 2.88 bits per heavy atom. The maximum absolute atomic E-state index is 12.6. The van der Waals surface area contributed by atoms with Crippen LogP contribution in [0.1, 0.15) is 6.92 Å². The third kappa shape index (κ3) is 2.94. The van der Waals surface area contributed by atoms with E-state index in [1.807, 2.05) is 54.9 Å². The van der Waals surface area contributed by atoms with Gasteiger partial charge in [0.2, 0.25) is 6.10 Å². The SMILES string of the molecule is CCOc1cccc2sc(=NC(=O)[C@H]3COc4ccccc4O3)n(C)c12. The molecule has 0 aliphatic carbocycles. The van der Waals surface area contributed by atoms with Gasteiger partial charge in [0.1, 0.15) is 17.9 Å². The van der Waals surface area contributed by atoms with Gasteiger partial charge in [-0.25, -0.2) is 0 Å². The summed E-state index contributed by atoms with van der Waals surface area (Å²) in [5.41, 5.74) is 0.928. The van der Waals surface area contributed by atoms with Crippen LogP contribution in [0.3, 0.4) is 0 Å². The lowest BCUT2D eigenvalue weighted by atomic mass is 10.2. The van der Waals surface area contributed by atoms with E-state index in [1.54, 1.807) is 6.07 Å². The number of rotatable bonds is 3. The number of carbonyl (C=O) groups is 1. The molecule has 26 heavy (non-hydrogen) atoms. The summed E-state index contributed by atoms with van der Waals surface area (Å²) in [7, 11) is 1.88. The van der Waals surface area contributed by atoms with Crippen LogP contribution in [0, 0.1) is 0 Å². The first-order chi connectivity index (χ1) is 12.7. The average molecular weight is 370 g/mol. The molecule has 3 aromatic rings. The van der Waals surface area contributed by atoms with Crippen molar-refractivity contribution in [1.29, 1.82) is 0 Å². The van der Waals surface area contributed by atoms with Crippen molar-refractivity contribution in [2.24, 2.45) is 12.0 Å². The molecule has 2 aromatic carbocycles. The molecule has 0 spiro atoms. The van der Waals surface area contributed by atoms with E-state index in [2.05, 4.69) is 4.99 Å². The molecule has 1 aromatic heterocycles. The Labute approximate surface area is 154 Å². The Kier molecular flexibility index (Phi) is 4.38. The van der Waals surface area contributed by atoms with Gasteiger partial charge >= 0.3 is 0 Å². The van der Waals surface area contributed by atoms with Gasteiger partial charge in [-0.1, -0.05) is 29.5 Å². The Morgan fingerprint density at radius 2 is 2.08 bits per heavy atom. The van der Waals surface area contributed by atoms with Crippen molar-refractivity contribution in [3.05, 3.63) is 47.3 Å². The Balaban J connectivity index is 1.67. The molecule has 1 aliphatic heterocycles. The van der Waals surface area contributed by atoms with Crippen LogP contribution >= 0.6 is 11.3 Å².